The molecule has 0 unspecified atom stereocenters. The predicted octanol–water partition coefficient (Wildman–Crippen LogP) is 1.41. The molecule has 2 rings (SSSR count). The second-order valence-electron chi connectivity index (χ2n) is 3.94. The van der Waals surface area contributed by atoms with E-state index in [0.717, 1.165) is 12.0 Å². The molecular weight excluding hydrogens is 204 g/mol. The van der Waals surface area contributed by atoms with E-state index in [1.807, 2.05) is 19.9 Å². The Morgan fingerprint density at radius 3 is 2.75 bits per heavy atom. The van der Waals surface area contributed by atoms with Gasteiger partial charge < -0.3 is 4.98 Å². The van der Waals surface area contributed by atoms with Gasteiger partial charge in [0.1, 0.15) is 0 Å². The highest BCUT2D eigenvalue weighted by Crippen LogP contribution is 2.07. The van der Waals surface area contributed by atoms with Gasteiger partial charge in [0, 0.05) is 6.54 Å². The molecule has 0 fully saturated rings. The summed E-state index contributed by atoms with van der Waals surface area (Å²) in [7, 11) is 0. The lowest BCUT2D eigenvalue weighted by Crippen LogP contribution is -2.34. The third kappa shape index (κ3) is 1.66. The largest absolute Gasteiger partial charge is 0.328 e. The van der Waals surface area contributed by atoms with Crippen LogP contribution in [0.1, 0.15) is 18.9 Å². The van der Waals surface area contributed by atoms with Gasteiger partial charge in [0.05, 0.1) is 10.9 Å². The van der Waals surface area contributed by atoms with Crippen LogP contribution in [0.15, 0.2) is 27.8 Å². The highest BCUT2D eigenvalue weighted by atomic mass is 16.2. The number of rotatable bonds is 2. The Kier molecular flexibility index (Phi) is 2.64. The molecule has 0 aliphatic rings. The third-order valence-electron chi connectivity index (χ3n) is 2.58. The molecule has 84 valence electrons. The Bertz CT molecular complexity index is 637. The lowest BCUT2D eigenvalue weighted by Gasteiger charge is -2.05. The molecule has 2 aromatic rings. The summed E-state index contributed by atoms with van der Waals surface area (Å²) < 4.78 is 1.25. The van der Waals surface area contributed by atoms with E-state index in [9.17, 15) is 9.59 Å². The van der Waals surface area contributed by atoms with Gasteiger partial charge in [-0.2, -0.15) is 0 Å². The summed E-state index contributed by atoms with van der Waals surface area (Å²) in [4.78, 5) is 26.4. The maximum atomic E-state index is 12.0. The van der Waals surface area contributed by atoms with Crippen LogP contribution < -0.4 is 11.2 Å². The number of hydrogen-bond acceptors (Lipinski definition) is 2. The van der Waals surface area contributed by atoms with Crippen molar-refractivity contribution in [2.24, 2.45) is 0 Å². The molecule has 4 nitrogen and oxygen atoms in total. The fourth-order valence-electron chi connectivity index (χ4n) is 1.79. The van der Waals surface area contributed by atoms with Crippen molar-refractivity contribution >= 4 is 10.9 Å². The van der Waals surface area contributed by atoms with Crippen molar-refractivity contribution in [1.82, 2.24) is 9.55 Å². The summed E-state index contributed by atoms with van der Waals surface area (Å²) in [6.45, 7) is 4.32. The predicted molar refractivity (Wildman–Crippen MR) is 63.9 cm³/mol. The van der Waals surface area contributed by atoms with E-state index >= 15 is 0 Å². The Hall–Kier alpha value is -1.84. The molecule has 1 aromatic heterocycles. The topological polar surface area (TPSA) is 54.9 Å². The molecule has 0 saturated heterocycles. The zero-order valence-electron chi connectivity index (χ0n) is 9.41. The minimum absolute atomic E-state index is 0.204. The molecule has 4 heteroatoms. The van der Waals surface area contributed by atoms with Crippen LogP contribution in [-0.2, 0) is 6.54 Å². The van der Waals surface area contributed by atoms with Gasteiger partial charge in [-0.25, -0.2) is 4.79 Å². The summed E-state index contributed by atoms with van der Waals surface area (Å²) in [6.07, 6.45) is 0.764. The summed E-state index contributed by atoms with van der Waals surface area (Å²) in [5, 5.41) is 0.577. The summed E-state index contributed by atoms with van der Waals surface area (Å²) in [5.41, 5.74) is 1.08. The molecular formula is C12H14N2O2. The number of nitrogens with zero attached hydrogens (tertiary/aromatic N) is 1. The van der Waals surface area contributed by atoms with E-state index in [-0.39, 0.29) is 11.2 Å². The molecule has 0 atom stereocenters. The van der Waals surface area contributed by atoms with Crippen LogP contribution in [0.4, 0.5) is 0 Å². The molecule has 0 radical (unpaired) electrons. The number of hydrogen-bond donors (Lipinski definition) is 1. The number of aromatic nitrogens is 2. The van der Waals surface area contributed by atoms with Gasteiger partial charge in [-0.15, -0.1) is 0 Å². The van der Waals surface area contributed by atoms with Crippen molar-refractivity contribution in [3.63, 3.8) is 0 Å². The lowest BCUT2D eigenvalue weighted by atomic mass is 10.2. The maximum absolute atomic E-state index is 12.0. The van der Waals surface area contributed by atoms with E-state index in [1.54, 1.807) is 12.1 Å². The van der Waals surface area contributed by atoms with Crippen molar-refractivity contribution in [2.75, 3.05) is 0 Å². The van der Waals surface area contributed by atoms with Crippen LogP contribution in [0.2, 0.25) is 0 Å². The second kappa shape index (κ2) is 3.96. The van der Waals surface area contributed by atoms with Crippen molar-refractivity contribution in [3.05, 3.63) is 44.6 Å². The van der Waals surface area contributed by atoms with Gasteiger partial charge in [0.25, 0.3) is 5.56 Å². The molecule has 0 saturated carbocycles. The zero-order chi connectivity index (χ0) is 11.7. The van der Waals surface area contributed by atoms with Gasteiger partial charge in [0.2, 0.25) is 0 Å². The minimum Gasteiger partial charge on any atom is -0.307 e. The molecule has 0 spiro atoms. The third-order valence-corrected chi connectivity index (χ3v) is 2.58. The van der Waals surface area contributed by atoms with Crippen molar-refractivity contribution in [3.8, 4) is 0 Å². The van der Waals surface area contributed by atoms with E-state index in [0.29, 0.717) is 17.4 Å². The van der Waals surface area contributed by atoms with Crippen LogP contribution in [0.25, 0.3) is 10.9 Å². The standard InChI is InChI=1S/C12H14N2O2/c1-3-6-14-11(15)9-7-8(2)4-5-10(9)13-12(14)16/h4-5,7H,3,6H2,1-2H3,(H,13,16). The molecule has 1 aromatic carbocycles. The zero-order valence-corrected chi connectivity index (χ0v) is 9.41. The highest BCUT2D eigenvalue weighted by molar-refractivity contribution is 5.77. The quantitative estimate of drug-likeness (QED) is 0.828. The Labute approximate surface area is 92.5 Å². The van der Waals surface area contributed by atoms with Gasteiger partial charge in [-0.05, 0) is 25.5 Å². The van der Waals surface area contributed by atoms with Crippen molar-refractivity contribution < 1.29 is 0 Å². The van der Waals surface area contributed by atoms with Gasteiger partial charge in [-0.1, -0.05) is 18.6 Å². The van der Waals surface area contributed by atoms with Crippen LogP contribution in [0.3, 0.4) is 0 Å². The lowest BCUT2D eigenvalue weighted by molar-refractivity contribution is 0.623. The van der Waals surface area contributed by atoms with Gasteiger partial charge in [-0.3, -0.25) is 9.36 Å². The molecule has 16 heavy (non-hydrogen) atoms. The fraction of sp³-hybridized carbons (Fsp3) is 0.333. The number of aromatic amines is 1. The number of nitrogens with one attached hydrogen (secondary N) is 1. The first-order chi connectivity index (χ1) is 7.63. The molecule has 1 N–H and O–H groups in total. The first-order valence-corrected chi connectivity index (χ1v) is 5.37. The first kappa shape index (κ1) is 10.7. The number of H-pyrrole nitrogens is 1. The van der Waals surface area contributed by atoms with Gasteiger partial charge in [0.15, 0.2) is 0 Å². The van der Waals surface area contributed by atoms with Crippen LogP contribution in [0.5, 0.6) is 0 Å². The fourth-order valence-corrected chi connectivity index (χ4v) is 1.79. The molecule has 0 aliphatic carbocycles. The van der Waals surface area contributed by atoms with Crippen LogP contribution in [0, 0.1) is 6.92 Å². The minimum atomic E-state index is -0.330. The molecule has 0 amide bonds. The maximum Gasteiger partial charge on any atom is 0.328 e. The number of fused-ring (bicyclic) bond motifs is 1. The summed E-state index contributed by atoms with van der Waals surface area (Å²) >= 11 is 0. The van der Waals surface area contributed by atoms with Crippen LogP contribution in [-0.4, -0.2) is 9.55 Å². The molecule has 1 heterocycles. The molecule has 0 aliphatic heterocycles. The Balaban J connectivity index is 2.85. The Morgan fingerprint density at radius 1 is 1.31 bits per heavy atom. The highest BCUT2D eigenvalue weighted by Gasteiger charge is 2.06. The average molecular weight is 218 g/mol. The van der Waals surface area contributed by atoms with Gasteiger partial charge >= 0.3 is 5.69 Å². The average Bonchev–Trinajstić information content (AvgIpc) is 2.26. The van der Waals surface area contributed by atoms with Crippen molar-refractivity contribution in [1.29, 1.82) is 0 Å². The second-order valence-corrected chi connectivity index (χ2v) is 3.94. The first-order valence-electron chi connectivity index (χ1n) is 5.37. The van der Waals surface area contributed by atoms with E-state index in [1.165, 1.54) is 4.57 Å². The normalized spacial score (nSPS) is 10.9. The van der Waals surface area contributed by atoms with E-state index in [4.69, 9.17) is 0 Å². The summed E-state index contributed by atoms with van der Waals surface area (Å²) in [5.74, 6) is 0. The molecule has 0 bridgehead atoms. The SMILES string of the molecule is CCCn1c(=O)[nH]c2ccc(C)cc2c1=O. The number of benzene rings is 1. The van der Waals surface area contributed by atoms with Crippen molar-refractivity contribution in [2.45, 2.75) is 26.8 Å². The van der Waals surface area contributed by atoms with E-state index in [2.05, 4.69) is 4.98 Å². The van der Waals surface area contributed by atoms with Crippen LogP contribution >= 0.6 is 0 Å². The monoisotopic (exact) mass is 218 g/mol. The smallest absolute Gasteiger partial charge is 0.307 e. The number of aryl methyl sites for hydroxylation is 1. The Morgan fingerprint density at radius 2 is 2.06 bits per heavy atom. The summed E-state index contributed by atoms with van der Waals surface area (Å²) in [6, 6.07) is 5.45. The van der Waals surface area contributed by atoms with E-state index < -0.39 is 0 Å².